The lowest BCUT2D eigenvalue weighted by molar-refractivity contribution is -0.132. The summed E-state index contributed by atoms with van der Waals surface area (Å²) < 4.78 is 1.32. The number of amides is 1. The van der Waals surface area contributed by atoms with E-state index in [-0.39, 0.29) is 11.9 Å². The number of hydrogen-bond acceptors (Lipinski definition) is 5. The first-order valence-electron chi connectivity index (χ1n) is 9.41. The molecule has 0 spiro atoms. The number of anilines is 1. The van der Waals surface area contributed by atoms with E-state index in [1.54, 1.807) is 11.3 Å². The third kappa shape index (κ3) is 3.62. The number of likely N-dealkylation sites (tertiary alicyclic amines) is 2. The Hall–Kier alpha value is -1.92. The molecule has 2 aliphatic heterocycles. The van der Waals surface area contributed by atoms with E-state index < -0.39 is 0 Å². The van der Waals surface area contributed by atoms with Gasteiger partial charge in [0.25, 0.3) is 0 Å². The molecule has 1 amide bonds. The molecular weight excluding hydrogens is 344 g/mol. The van der Waals surface area contributed by atoms with E-state index in [0.717, 1.165) is 38.9 Å². The van der Waals surface area contributed by atoms with Gasteiger partial charge in [-0.2, -0.15) is 0 Å². The molecule has 2 saturated heterocycles. The average Bonchev–Trinajstić information content (AvgIpc) is 3.36. The normalized spacial score (nSPS) is 23.6. The maximum atomic E-state index is 12.7. The summed E-state index contributed by atoms with van der Waals surface area (Å²) in [6.07, 6.45) is 3.22. The van der Waals surface area contributed by atoms with Gasteiger partial charge in [-0.1, -0.05) is 12.1 Å². The summed E-state index contributed by atoms with van der Waals surface area (Å²) in [5.41, 5.74) is 1.22. The van der Waals surface area contributed by atoms with Crippen LogP contribution >= 0.6 is 11.3 Å². The molecule has 1 aromatic heterocycles. The van der Waals surface area contributed by atoms with E-state index in [1.165, 1.54) is 15.8 Å². The lowest BCUT2D eigenvalue weighted by atomic mass is 10.2. The number of thiophene rings is 1. The van der Waals surface area contributed by atoms with Crippen molar-refractivity contribution in [2.45, 2.75) is 31.3 Å². The Balaban J connectivity index is 1.33. The van der Waals surface area contributed by atoms with Gasteiger partial charge in [-0.15, -0.1) is 11.3 Å². The molecule has 3 heterocycles. The van der Waals surface area contributed by atoms with E-state index in [4.69, 9.17) is 0 Å². The van der Waals surface area contributed by atoms with Gasteiger partial charge >= 0.3 is 0 Å². The summed E-state index contributed by atoms with van der Waals surface area (Å²) in [5.74, 6) is 0.247. The van der Waals surface area contributed by atoms with E-state index in [1.807, 2.05) is 4.90 Å². The zero-order chi connectivity index (χ0) is 17.9. The average molecular weight is 371 g/mol. The molecule has 0 unspecified atom stereocenters. The van der Waals surface area contributed by atoms with Crippen LogP contribution in [-0.4, -0.2) is 67.2 Å². The largest absolute Gasteiger partial charge is 0.380 e. The number of nitrogens with zero attached hydrogens (tertiary/aromatic N) is 3. The van der Waals surface area contributed by atoms with E-state index in [0.29, 0.717) is 19.1 Å². The molecule has 0 aliphatic carbocycles. The fourth-order valence-electron chi connectivity index (χ4n) is 4.21. The van der Waals surface area contributed by atoms with Gasteiger partial charge in [0.1, 0.15) is 0 Å². The topological polar surface area (TPSA) is 47.9 Å². The van der Waals surface area contributed by atoms with Crippen LogP contribution in [0.2, 0.25) is 0 Å². The third-order valence-electron chi connectivity index (χ3n) is 5.51. The molecule has 0 radical (unpaired) electrons. The summed E-state index contributed by atoms with van der Waals surface area (Å²) >= 11 is 1.78. The van der Waals surface area contributed by atoms with Crippen LogP contribution in [0.25, 0.3) is 10.1 Å². The van der Waals surface area contributed by atoms with Crippen molar-refractivity contribution in [3.05, 3.63) is 29.6 Å². The number of fused-ring (bicyclic) bond motifs is 1. The summed E-state index contributed by atoms with van der Waals surface area (Å²) in [7, 11) is 0. The number of carbonyl (C=O) groups excluding carboxylic acids is 1. The maximum Gasteiger partial charge on any atom is 0.237 e. The highest BCUT2D eigenvalue weighted by molar-refractivity contribution is 7.17. The molecular formula is C20H26N4OS. The summed E-state index contributed by atoms with van der Waals surface area (Å²) in [6.45, 7) is 7.54. The predicted octanol–water partition coefficient (Wildman–Crippen LogP) is 3.08. The molecule has 0 bridgehead atoms. The first-order chi connectivity index (χ1) is 12.7. The van der Waals surface area contributed by atoms with Crippen molar-refractivity contribution < 1.29 is 4.79 Å². The standard InChI is InChI=1S/C20H26N4OS/c1-21-12-17-5-3-9-24(17)19(25)14-23-10-7-16(13-23)22-18-6-2-4-15-8-11-26-20(15)18/h2,4,6,8,11,16-17,22H,1,3,5,7,9-10,12-14H2/t16-,17+/m1/s1. The number of rotatable bonds is 6. The van der Waals surface area contributed by atoms with Crippen molar-refractivity contribution in [1.82, 2.24) is 9.80 Å². The molecule has 2 fully saturated rings. The van der Waals surface area contributed by atoms with Gasteiger partial charge in [0.05, 0.1) is 29.5 Å². The van der Waals surface area contributed by atoms with Gasteiger partial charge in [0.15, 0.2) is 0 Å². The van der Waals surface area contributed by atoms with Crippen LogP contribution in [0.5, 0.6) is 0 Å². The Morgan fingerprint density at radius 1 is 1.31 bits per heavy atom. The van der Waals surface area contributed by atoms with Crippen LogP contribution in [0.4, 0.5) is 5.69 Å². The van der Waals surface area contributed by atoms with Gasteiger partial charge < -0.3 is 10.2 Å². The van der Waals surface area contributed by atoms with E-state index >= 15 is 0 Å². The molecule has 1 aromatic carbocycles. The van der Waals surface area contributed by atoms with Crippen LogP contribution in [0.15, 0.2) is 34.6 Å². The highest BCUT2D eigenvalue weighted by Gasteiger charge is 2.31. The minimum Gasteiger partial charge on any atom is -0.380 e. The first kappa shape index (κ1) is 17.5. The van der Waals surface area contributed by atoms with Crippen LogP contribution in [0.3, 0.4) is 0 Å². The highest BCUT2D eigenvalue weighted by Crippen LogP contribution is 2.30. The molecule has 0 saturated carbocycles. The second kappa shape index (κ2) is 7.76. The molecule has 2 aliphatic rings. The fraction of sp³-hybridized carbons (Fsp3) is 0.500. The van der Waals surface area contributed by atoms with Gasteiger partial charge in [0, 0.05) is 25.7 Å². The Morgan fingerprint density at radius 3 is 3.12 bits per heavy atom. The first-order valence-corrected chi connectivity index (χ1v) is 10.3. The van der Waals surface area contributed by atoms with Crippen LogP contribution in [-0.2, 0) is 4.79 Å². The zero-order valence-corrected chi connectivity index (χ0v) is 15.9. The van der Waals surface area contributed by atoms with Gasteiger partial charge in [0.2, 0.25) is 5.91 Å². The van der Waals surface area contributed by atoms with Crippen molar-refractivity contribution in [2.24, 2.45) is 4.99 Å². The number of benzene rings is 1. The SMILES string of the molecule is C=NC[C@@H]1CCCN1C(=O)CN1CC[C@@H](Nc2cccc3ccsc23)C1. The Kier molecular flexibility index (Phi) is 5.22. The van der Waals surface area contributed by atoms with Crippen molar-refractivity contribution in [3.8, 4) is 0 Å². The number of carbonyl (C=O) groups is 1. The van der Waals surface area contributed by atoms with Gasteiger partial charge in [-0.3, -0.25) is 14.7 Å². The Bertz CT molecular complexity index is 789. The molecule has 26 heavy (non-hydrogen) atoms. The van der Waals surface area contributed by atoms with Gasteiger partial charge in [-0.25, -0.2) is 0 Å². The molecule has 4 rings (SSSR count). The number of nitrogens with one attached hydrogen (secondary N) is 1. The lowest BCUT2D eigenvalue weighted by Gasteiger charge is -2.26. The third-order valence-corrected chi connectivity index (χ3v) is 6.47. The second-order valence-corrected chi connectivity index (χ2v) is 8.22. The van der Waals surface area contributed by atoms with Crippen molar-refractivity contribution in [1.29, 1.82) is 0 Å². The maximum absolute atomic E-state index is 12.7. The van der Waals surface area contributed by atoms with E-state index in [2.05, 4.69) is 51.6 Å². The van der Waals surface area contributed by atoms with Crippen molar-refractivity contribution >= 4 is 39.7 Å². The molecule has 138 valence electrons. The lowest BCUT2D eigenvalue weighted by Crippen LogP contribution is -2.43. The zero-order valence-electron chi connectivity index (χ0n) is 15.1. The summed E-state index contributed by atoms with van der Waals surface area (Å²) in [5, 5.41) is 7.12. The molecule has 2 aromatic rings. The fourth-order valence-corrected chi connectivity index (χ4v) is 5.08. The minimum atomic E-state index is 0.247. The second-order valence-electron chi connectivity index (χ2n) is 7.30. The molecule has 5 nitrogen and oxygen atoms in total. The molecule has 2 atom stereocenters. The summed E-state index contributed by atoms with van der Waals surface area (Å²) in [4.78, 5) is 21.0. The highest BCUT2D eigenvalue weighted by atomic mass is 32.1. The molecule has 6 heteroatoms. The van der Waals surface area contributed by atoms with Crippen LogP contribution in [0.1, 0.15) is 19.3 Å². The van der Waals surface area contributed by atoms with Crippen LogP contribution < -0.4 is 5.32 Å². The quantitative estimate of drug-likeness (QED) is 0.795. The minimum absolute atomic E-state index is 0.247. The molecule has 1 N–H and O–H groups in total. The number of aliphatic imine (C=N–C) groups is 1. The summed E-state index contributed by atoms with van der Waals surface area (Å²) in [6, 6.07) is 9.24. The monoisotopic (exact) mass is 370 g/mol. The number of hydrogen-bond donors (Lipinski definition) is 1. The van der Waals surface area contributed by atoms with Crippen molar-refractivity contribution in [3.63, 3.8) is 0 Å². The Labute approximate surface area is 158 Å². The van der Waals surface area contributed by atoms with E-state index in [9.17, 15) is 4.79 Å². The Morgan fingerprint density at radius 2 is 2.23 bits per heavy atom. The van der Waals surface area contributed by atoms with Crippen molar-refractivity contribution in [2.75, 3.05) is 38.0 Å². The smallest absolute Gasteiger partial charge is 0.237 e. The van der Waals surface area contributed by atoms with Crippen LogP contribution in [0, 0.1) is 0 Å². The predicted molar refractivity (Wildman–Crippen MR) is 109 cm³/mol. The van der Waals surface area contributed by atoms with Gasteiger partial charge in [-0.05, 0) is 48.9 Å².